The Balaban J connectivity index is 1.97. The van der Waals surface area contributed by atoms with Crippen molar-refractivity contribution in [2.24, 2.45) is 5.73 Å². The van der Waals surface area contributed by atoms with E-state index in [1.165, 1.54) is 0 Å². The number of hydrogen-bond donors (Lipinski definition) is 3. The van der Waals surface area contributed by atoms with Crippen LogP contribution >= 0.6 is 0 Å². The van der Waals surface area contributed by atoms with Crippen molar-refractivity contribution in [3.05, 3.63) is 90.5 Å². The summed E-state index contributed by atoms with van der Waals surface area (Å²) >= 11 is 0. The molecule has 0 saturated carbocycles. The van der Waals surface area contributed by atoms with E-state index in [9.17, 15) is 15.0 Å². The summed E-state index contributed by atoms with van der Waals surface area (Å²) in [5, 5.41) is 19.7. The second-order valence-electron chi connectivity index (χ2n) is 5.89. The molecule has 0 aliphatic carbocycles. The van der Waals surface area contributed by atoms with Crippen molar-refractivity contribution in [2.75, 3.05) is 4.90 Å². The minimum atomic E-state index is -1.64. The van der Waals surface area contributed by atoms with Crippen LogP contribution in [-0.4, -0.2) is 22.2 Å². The van der Waals surface area contributed by atoms with Gasteiger partial charge in [-0.1, -0.05) is 48.5 Å². The molecule has 2 atom stereocenters. The number of aliphatic hydroxyl groups is 2. The summed E-state index contributed by atoms with van der Waals surface area (Å²) in [7, 11) is 0. The maximum Gasteiger partial charge on any atom is 0.249 e. The highest BCUT2D eigenvalue weighted by Gasteiger charge is 2.23. The molecule has 0 aliphatic heterocycles. The van der Waals surface area contributed by atoms with Crippen LogP contribution in [0.1, 0.15) is 11.7 Å². The normalized spacial score (nSPS) is 13.0. The Morgan fingerprint density at radius 2 is 1.15 bits per heavy atom. The Hall–Kier alpha value is -3.15. The molecule has 0 aromatic heterocycles. The summed E-state index contributed by atoms with van der Waals surface area (Å²) in [6, 6.07) is 26.8. The lowest BCUT2D eigenvalue weighted by Crippen LogP contribution is -2.33. The summed E-state index contributed by atoms with van der Waals surface area (Å²) in [6.45, 7) is 0. The average Bonchev–Trinajstić information content (AvgIpc) is 2.69. The summed E-state index contributed by atoms with van der Waals surface area (Å²) in [5.74, 6) is -0.961. The van der Waals surface area contributed by atoms with Gasteiger partial charge in [-0.3, -0.25) is 4.79 Å². The fourth-order valence-electron chi connectivity index (χ4n) is 2.76. The third-order valence-corrected chi connectivity index (χ3v) is 4.11. The molecule has 0 fully saturated rings. The summed E-state index contributed by atoms with van der Waals surface area (Å²) in [5.41, 5.74) is 8.33. The number of anilines is 3. The van der Waals surface area contributed by atoms with Crippen molar-refractivity contribution in [3.63, 3.8) is 0 Å². The number of nitrogens with zero attached hydrogens (tertiary/aromatic N) is 1. The minimum Gasteiger partial charge on any atom is -0.385 e. The Morgan fingerprint density at radius 1 is 0.731 bits per heavy atom. The van der Waals surface area contributed by atoms with Crippen LogP contribution in [0.4, 0.5) is 17.1 Å². The van der Waals surface area contributed by atoms with Crippen LogP contribution in [0.3, 0.4) is 0 Å². The van der Waals surface area contributed by atoms with Crippen molar-refractivity contribution < 1.29 is 15.0 Å². The standard InChI is InChI=1S/C21H20N2O3/c22-21(26)20(25)19(24)15-11-13-18(14-12-15)23(16-7-3-1-4-8-16)17-9-5-2-6-10-17/h1-14,19-20,24-25H,(H2,22,26). The predicted octanol–water partition coefficient (Wildman–Crippen LogP) is 3.04. The molecule has 5 heteroatoms. The first-order valence-electron chi connectivity index (χ1n) is 8.23. The fourth-order valence-corrected chi connectivity index (χ4v) is 2.76. The van der Waals surface area contributed by atoms with Crippen LogP contribution in [-0.2, 0) is 4.79 Å². The molecule has 5 nitrogen and oxygen atoms in total. The first-order valence-corrected chi connectivity index (χ1v) is 8.23. The van der Waals surface area contributed by atoms with Crippen molar-refractivity contribution in [3.8, 4) is 0 Å². The number of para-hydroxylation sites is 2. The molecule has 3 aromatic carbocycles. The van der Waals surface area contributed by atoms with E-state index in [1.54, 1.807) is 12.1 Å². The zero-order chi connectivity index (χ0) is 18.5. The number of carbonyl (C=O) groups excluding carboxylic acids is 1. The van der Waals surface area contributed by atoms with Gasteiger partial charge in [-0.15, -0.1) is 0 Å². The van der Waals surface area contributed by atoms with Gasteiger partial charge in [-0.2, -0.15) is 0 Å². The number of hydrogen-bond acceptors (Lipinski definition) is 4. The van der Waals surface area contributed by atoms with Crippen molar-refractivity contribution >= 4 is 23.0 Å². The lowest BCUT2D eigenvalue weighted by Gasteiger charge is -2.26. The lowest BCUT2D eigenvalue weighted by molar-refractivity contribution is -0.131. The molecule has 0 aliphatic rings. The third kappa shape index (κ3) is 3.74. The van der Waals surface area contributed by atoms with E-state index in [4.69, 9.17) is 5.73 Å². The Kier molecular flexibility index (Phi) is 5.31. The van der Waals surface area contributed by atoms with Gasteiger partial charge >= 0.3 is 0 Å². The highest BCUT2D eigenvalue weighted by Crippen LogP contribution is 2.34. The molecular weight excluding hydrogens is 328 g/mol. The molecule has 0 saturated heterocycles. The van der Waals surface area contributed by atoms with Crippen molar-refractivity contribution in [1.82, 2.24) is 0 Å². The molecule has 3 aromatic rings. The fraction of sp³-hybridized carbons (Fsp3) is 0.0952. The number of amides is 1. The summed E-state index contributed by atoms with van der Waals surface area (Å²) < 4.78 is 0. The molecule has 0 heterocycles. The molecular formula is C21H20N2O3. The molecule has 132 valence electrons. The highest BCUT2D eigenvalue weighted by atomic mass is 16.3. The second kappa shape index (κ2) is 7.82. The first-order chi connectivity index (χ1) is 12.6. The van der Waals surface area contributed by atoms with Crippen LogP contribution < -0.4 is 10.6 Å². The van der Waals surface area contributed by atoms with E-state index in [-0.39, 0.29) is 0 Å². The van der Waals surface area contributed by atoms with E-state index >= 15 is 0 Å². The SMILES string of the molecule is NC(=O)C(O)C(O)c1ccc(N(c2ccccc2)c2ccccc2)cc1. The van der Waals surface area contributed by atoms with Crippen LogP contribution in [0.2, 0.25) is 0 Å². The van der Waals surface area contributed by atoms with E-state index in [0.717, 1.165) is 17.1 Å². The van der Waals surface area contributed by atoms with E-state index in [1.807, 2.05) is 72.8 Å². The molecule has 3 rings (SSSR count). The van der Waals surface area contributed by atoms with Crippen molar-refractivity contribution in [2.45, 2.75) is 12.2 Å². The average molecular weight is 348 g/mol. The Bertz CT molecular complexity index is 812. The second-order valence-corrected chi connectivity index (χ2v) is 5.89. The van der Waals surface area contributed by atoms with Gasteiger partial charge in [-0.05, 0) is 42.0 Å². The predicted molar refractivity (Wildman–Crippen MR) is 101 cm³/mol. The van der Waals surface area contributed by atoms with Gasteiger partial charge in [0.2, 0.25) is 5.91 Å². The number of carbonyl (C=O) groups is 1. The number of benzene rings is 3. The molecule has 0 radical (unpaired) electrons. The Morgan fingerprint density at radius 3 is 1.58 bits per heavy atom. The summed E-state index contributed by atoms with van der Waals surface area (Å²) in [6.07, 6.45) is -3.00. The molecule has 1 amide bonds. The topological polar surface area (TPSA) is 86.8 Å². The van der Waals surface area contributed by atoms with E-state index < -0.39 is 18.1 Å². The lowest BCUT2D eigenvalue weighted by atomic mass is 10.0. The molecule has 26 heavy (non-hydrogen) atoms. The van der Waals surface area contributed by atoms with Gasteiger partial charge in [0.05, 0.1) is 0 Å². The molecule has 0 bridgehead atoms. The van der Waals surface area contributed by atoms with Gasteiger partial charge in [0.1, 0.15) is 6.10 Å². The molecule has 4 N–H and O–H groups in total. The van der Waals surface area contributed by atoms with Gasteiger partial charge < -0.3 is 20.8 Å². The Labute approximate surface area is 151 Å². The van der Waals surface area contributed by atoms with Crippen LogP contribution in [0.15, 0.2) is 84.9 Å². The third-order valence-electron chi connectivity index (χ3n) is 4.11. The van der Waals surface area contributed by atoms with E-state index in [2.05, 4.69) is 4.90 Å². The zero-order valence-corrected chi connectivity index (χ0v) is 14.1. The molecule has 2 unspecified atom stereocenters. The zero-order valence-electron chi connectivity index (χ0n) is 14.1. The van der Waals surface area contributed by atoms with Crippen LogP contribution in [0.25, 0.3) is 0 Å². The van der Waals surface area contributed by atoms with Crippen LogP contribution in [0, 0.1) is 0 Å². The summed E-state index contributed by atoms with van der Waals surface area (Å²) in [4.78, 5) is 13.1. The first kappa shape index (κ1) is 17.7. The maximum absolute atomic E-state index is 11.1. The van der Waals surface area contributed by atoms with Gasteiger partial charge in [-0.25, -0.2) is 0 Å². The smallest absolute Gasteiger partial charge is 0.249 e. The van der Waals surface area contributed by atoms with Gasteiger partial charge in [0, 0.05) is 17.1 Å². The monoisotopic (exact) mass is 348 g/mol. The minimum absolute atomic E-state index is 0.418. The van der Waals surface area contributed by atoms with Crippen LogP contribution in [0.5, 0.6) is 0 Å². The number of nitrogens with two attached hydrogens (primary N) is 1. The van der Waals surface area contributed by atoms with Crippen molar-refractivity contribution in [1.29, 1.82) is 0 Å². The number of aliphatic hydroxyl groups excluding tert-OH is 2. The number of primary amides is 1. The number of rotatable bonds is 6. The van der Waals surface area contributed by atoms with Gasteiger partial charge in [0.15, 0.2) is 6.10 Å². The highest BCUT2D eigenvalue weighted by molar-refractivity contribution is 5.80. The van der Waals surface area contributed by atoms with E-state index in [0.29, 0.717) is 5.56 Å². The molecule has 0 spiro atoms. The van der Waals surface area contributed by atoms with Gasteiger partial charge in [0.25, 0.3) is 0 Å². The quantitative estimate of drug-likeness (QED) is 0.639. The largest absolute Gasteiger partial charge is 0.385 e. The maximum atomic E-state index is 11.1.